The molecule has 0 amide bonds. The highest BCUT2D eigenvalue weighted by molar-refractivity contribution is 5.99. The van der Waals surface area contributed by atoms with E-state index in [1.165, 1.54) is 4.52 Å². The summed E-state index contributed by atoms with van der Waals surface area (Å²) in [6, 6.07) is 1.93. The van der Waals surface area contributed by atoms with Crippen molar-refractivity contribution in [1.29, 1.82) is 5.26 Å². The third-order valence-corrected chi connectivity index (χ3v) is 2.32. The largest absolute Gasteiger partial charge is 0.462 e. The molecule has 0 aliphatic heterocycles. The maximum absolute atomic E-state index is 11.8. The monoisotopic (exact) mass is 230 g/mol. The molecule has 0 atom stereocenters. The number of carbonyl (C=O) groups is 1. The average Bonchev–Trinajstić information content (AvgIpc) is 2.76. The van der Waals surface area contributed by atoms with E-state index >= 15 is 0 Å². The van der Waals surface area contributed by atoms with Crippen molar-refractivity contribution in [1.82, 2.24) is 14.6 Å². The van der Waals surface area contributed by atoms with E-state index in [0.29, 0.717) is 16.8 Å². The van der Waals surface area contributed by atoms with Gasteiger partial charge in [0.05, 0.1) is 17.5 Å². The van der Waals surface area contributed by atoms with Gasteiger partial charge in [-0.2, -0.15) is 10.4 Å². The van der Waals surface area contributed by atoms with Crippen LogP contribution in [0.5, 0.6) is 0 Å². The number of carbonyl (C=O) groups excluding carboxylic acids is 1. The van der Waals surface area contributed by atoms with Crippen LogP contribution in [0.3, 0.4) is 0 Å². The standard InChI is InChI=1S/C11H10N4O2/c1-4-17-11(16)9-8(5-12)6(2)15-10(9)13-7(3)14-15/h2,4H2,1,3H3. The van der Waals surface area contributed by atoms with E-state index in [9.17, 15) is 4.79 Å². The summed E-state index contributed by atoms with van der Waals surface area (Å²) in [7, 11) is 0. The molecule has 2 heterocycles. The fourth-order valence-corrected chi connectivity index (χ4v) is 1.64. The second-order valence-electron chi connectivity index (χ2n) is 3.42. The number of nitrogens with zero attached hydrogens (tertiary/aromatic N) is 4. The number of hydrogen-bond donors (Lipinski definition) is 0. The van der Waals surface area contributed by atoms with Crippen molar-refractivity contribution in [3.05, 3.63) is 22.3 Å². The van der Waals surface area contributed by atoms with Gasteiger partial charge in [-0.1, -0.05) is 6.58 Å². The summed E-state index contributed by atoms with van der Waals surface area (Å²) in [6.45, 7) is 7.36. The maximum atomic E-state index is 11.8. The zero-order valence-corrected chi connectivity index (χ0v) is 9.52. The zero-order chi connectivity index (χ0) is 12.6. The average molecular weight is 230 g/mol. The van der Waals surface area contributed by atoms with Crippen molar-refractivity contribution in [2.24, 2.45) is 0 Å². The maximum Gasteiger partial charge on any atom is 0.343 e. The van der Waals surface area contributed by atoms with Crippen LogP contribution in [0, 0.1) is 18.3 Å². The third-order valence-electron chi connectivity index (χ3n) is 2.32. The molecule has 0 aliphatic carbocycles. The molecule has 0 aliphatic rings. The van der Waals surface area contributed by atoms with E-state index < -0.39 is 5.97 Å². The molecule has 0 aromatic carbocycles. The Kier molecular flexibility index (Phi) is 2.52. The highest BCUT2D eigenvalue weighted by Gasteiger charge is 2.23. The van der Waals surface area contributed by atoms with E-state index in [2.05, 4.69) is 16.7 Å². The zero-order valence-electron chi connectivity index (χ0n) is 9.52. The highest BCUT2D eigenvalue weighted by atomic mass is 16.5. The fourth-order valence-electron chi connectivity index (χ4n) is 1.64. The van der Waals surface area contributed by atoms with Crippen LogP contribution in [0.25, 0.3) is 12.2 Å². The molecule has 0 radical (unpaired) electrons. The molecular formula is C11H10N4O2. The van der Waals surface area contributed by atoms with Crippen LogP contribution in [0.2, 0.25) is 0 Å². The van der Waals surface area contributed by atoms with Crippen molar-refractivity contribution >= 4 is 18.2 Å². The van der Waals surface area contributed by atoms with Crippen molar-refractivity contribution < 1.29 is 9.53 Å². The molecule has 17 heavy (non-hydrogen) atoms. The van der Waals surface area contributed by atoms with Crippen LogP contribution in [0.15, 0.2) is 0 Å². The first-order chi connectivity index (χ1) is 8.10. The second kappa shape index (κ2) is 3.87. The highest BCUT2D eigenvalue weighted by Crippen LogP contribution is 2.13. The lowest BCUT2D eigenvalue weighted by molar-refractivity contribution is 0.0528. The molecule has 0 spiro atoms. The SMILES string of the molecule is C=c1c(C#N)c(C(=O)OCC)c2nc(C)nn12. The number of hydrogen-bond acceptors (Lipinski definition) is 5. The molecule has 0 fully saturated rings. The first-order valence-corrected chi connectivity index (χ1v) is 5.05. The van der Waals surface area contributed by atoms with Crippen molar-refractivity contribution in [2.75, 3.05) is 6.61 Å². The summed E-state index contributed by atoms with van der Waals surface area (Å²) >= 11 is 0. The van der Waals surface area contributed by atoms with E-state index in [0.717, 1.165) is 0 Å². The number of rotatable bonds is 2. The van der Waals surface area contributed by atoms with Crippen LogP contribution >= 0.6 is 0 Å². The Bertz CT molecular complexity index is 681. The van der Waals surface area contributed by atoms with Crippen LogP contribution in [0.4, 0.5) is 0 Å². The minimum absolute atomic E-state index is 0.139. The van der Waals surface area contributed by atoms with Gasteiger partial charge >= 0.3 is 5.97 Å². The number of nitriles is 1. The molecule has 6 heteroatoms. The lowest BCUT2D eigenvalue weighted by Crippen LogP contribution is -2.12. The number of aromatic nitrogens is 3. The summed E-state index contributed by atoms with van der Waals surface area (Å²) in [4.78, 5) is 15.9. The fraction of sp³-hybridized carbons (Fsp3) is 0.273. The summed E-state index contributed by atoms with van der Waals surface area (Å²) < 4.78 is 6.29. The van der Waals surface area contributed by atoms with Crippen molar-refractivity contribution in [2.45, 2.75) is 13.8 Å². The Morgan fingerprint density at radius 2 is 2.35 bits per heavy atom. The van der Waals surface area contributed by atoms with Crippen LogP contribution < -0.4 is 5.35 Å². The summed E-state index contributed by atoms with van der Waals surface area (Å²) in [5, 5.41) is 13.5. The van der Waals surface area contributed by atoms with Gasteiger partial charge in [-0.25, -0.2) is 14.3 Å². The first kappa shape index (κ1) is 11.1. The van der Waals surface area contributed by atoms with Gasteiger partial charge in [-0.3, -0.25) is 0 Å². The predicted octanol–water partition coefficient (Wildman–Crippen LogP) is 0.215. The molecule has 2 rings (SSSR count). The van der Waals surface area contributed by atoms with E-state index in [4.69, 9.17) is 10.00 Å². The molecule has 0 unspecified atom stereocenters. The van der Waals surface area contributed by atoms with Crippen LogP contribution in [-0.4, -0.2) is 27.2 Å². The quantitative estimate of drug-likeness (QED) is 0.689. The van der Waals surface area contributed by atoms with Crippen LogP contribution in [0.1, 0.15) is 28.7 Å². The Morgan fingerprint density at radius 3 is 2.94 bits per heavy atom. The summed E-state index contributed by atoms with van der Waals surface area (Å²) in [6.07, 6.45) is 0. The van der Waals surface area contributed by atoms with E-state index in [1.54, 1.807) is 13.8 Å². The van der Waals surface area contributed by atoms with Gasteiger partial charge in [0.25, 0.3) is 0 Å². The molecular weight excluding hydrogens is 220 g/mol. The van der Waals surface area contributed by atoms with Gasteiger partial charge in [-0.15, -0.1) is 0 Å². The number of fused-ring (bicyclic) bond motifs is 1. The minimum atomic E-state index is -0.573. The molecule has 2 aromatic heterocycles. The van der Waals surface area contributed by atoms with Gasteiger partial charge in [-0.05, 0) is 13.8 Å². The van der Waals surface area contributed by atoms with Gasteiger partial charge in [0, 0.05) is 0 Å². The minimum Gasteiger partial charge on any atom is -0.462 e. The summed E-state index contributed by atoms with van der Waals surface area (Å²) in [5.74, 6) is -0.0590. The normalized spacial score (nSPS) is 10.4. The number of esters is 1. The summed E-state index contributed by atoms with van der Waals surface area (Å²) in [5.41, 5.74) is 0.626. The lowest BCUT2D eigenvalue weighted by Gasteiger charge is -1.98. The Balaban J connectivity index is 2.79. The van der Waals surface area contributed by atoms with Crippen molar-refractivity contribution in [3.63, 3.8) is 0 Å². The lowest BCUT2D eigenvalue weighted by atomic mass is 10.2. The van der Waals surface area contributed by atoms with Gasteiger partial charge < -0.3 is 4.74 Å². The molecule has 0 saturated carbocycles. The van der Waals surface area contributed by atoms with Gasteiger partial charge in [0.15, 0.2) is 5.65 Å². The molecule has 6 nitrogen and oxygen atoms in total. The number of aryl methyl sites for hydroxylation is 1. The molecule has 0 bridgehead atoms. The first-order valence-electron chi connectivity index (χ1n) is 5.05. The Hall–Kier alpha value is -2.42. The Morgan fingerprint density at radius 1 is 1.65 bits per heavy atom. The van der Waals surface area contributed by atoms with E-state index in [-0.39, 0.29) is 17.7 Å². The van der Waals surface area contributed by atoms with Gasteiger partial charge in [0.2, 0.25) is 0 Å². The van der Waals surface area contributed by atoms with Crippen LogP contribution in [-0.2, 0) is 4.74 Å². The van der Waals surface area contributed by atoms with E-state index in [1.807, 2.05) is 6.07 Å². The second-order valence-corrected chi connectivity index (χ2v) is 3.42. The molecule has 2 aromatic rings. The topological polar surface area (TPSA) is 80.3 Å². The van der Waals surface area contributed by atoms with Crippen molar-refractivity contribution in [3.8, 4) is 6.07 Å². The molecule has 0 saturated heterocycles. The molecule has 0 N–H and O–H groups in total. The molecule has 86 valence electrons. The van der Waals surface area contributed by atoms with Gasteiger partial charge in [0.1, 0.15) is 17.5 Å². The predicted molar refractivity (Wildman–Crippen MR) is 59.1 cm³/mol. The smallest absolute Gasteiger partial charge is 0.343 e. The third kappa shape index (κ3) is 1.52. The Labute approximate surface area is 97.1 Å². The number of ether oxygens (including phenoxy) is 1.